The molecule has 66 valence electrons. The molecule has 1 rings (SSSR count). The van der Waals surface area contributed by atoms with Gasteiger partial charge >= 0.3 is 0 Å². The van der Waals surface area contributed by atoms with Crippen LogP contribution in [-0.2, 0) is 6.42 Å². The highest BCUT2D eigenvalue weighted by Crippen LogP contribution is 2.23. The number of hydrogen-bond donors (Lipinski definition) is 0. The summed E-state index contributed by atoms with van der Waals surface area (Å²) >= 11 is 0. The van der Waals surface area contributed by atoms with E-state index in [1.54, 1.807) is 6.92 Å². The molecule has 0 aromatic heterocycles. The molecule has 1 aromatic carbocycles. The topological polar surface area (TPSA) is 0 Å². The van der Waals surface area contributed by atoms with Crippen molar-refractivity contribution in [3.8, 4) is 0 Å². The maximum absolute atomic E-state index is 12.5. The summed E-state index contributed by atoms with van der Waals surface area (Å²) in [6.45, 7) is 1.76. The van der Waals surface area contributed by atoms with Crippen LogP contribution in [0.5, 0.6) is 0 Å². The molecule has 0 atom stereocenters. The standard InChI is InChI=1S/C9H9F3/c1-2-6-3-4-7(10)5-8(6)9(11)12/h3-5,9H,2H2,1H3. The summed E-state index contributed by atoms with van der Waals surface area (Å²) in [7, 11) is 0. The summed E-state index contributed by atoms with van der Waals surface area (Å²) in [6.07, 6.45) is -2.09. The van der Waals surface area contributed by atoms with Crippen molar-refractivity contribution in [3.63, 3.8) is 0 Å². The van der Waals surface area contributed by atoms with E-state index in [1.807, 2.05) is 0 Å². The van der Waals surface area contributed by atoms with Gasteiger partial charge in [-0.15, -0.1) is 0 Å². The zero-order valence-corrected chi connectivity index (χ0v) is 6.65. The maximum atomic E-state index is 12.5. The summed E-state index contributed by atoms with van der Waals surface area (Å²) in [5.41, 5.74) is 0.309. The van der Waals surface area contributed by atoms with Crippen LogP contribution in [0, 0.1) is 5.82 Å². The van der Waals surface area contributed by atoms with Gasteiger partial charge in [-0.05, 0) is 24.1 Å². The fourth-order valence-electron chi connectivity index (χ4n) is 1.09. The van der Waals surface area contributed by atoms with E-state index in [1.165, 1.54) is 12.1 Å². The quantitative estimate of drug-likeness (QED) is 0.645. The minimum Gasteiger partial charge on any atom is -0.207 e. The van der Waals surface area contributed by atoms with E-state index < -0.39 is 12.2 Å². The number of halogens is 3. The minimum atomic E-state index is -2.59. The van der Waals surface area contributed by atoms with E-state index in [4.69, 9.17) is 0 Å². The van der Waals surface area contributed by atoms with Gasteiger partial charge in [0.1, 0.15) is 5.82 Å². The molecule has 12 heavy (non-hydrogen) atoms. The first kappa shape index (κ1) is 9.10. The van der Waals surface area contributed by atoms with Crippen LogP contribution < -0.4 is 0 Å². The SMILES string of the molecule is CCc1ccc(F)cc1C(F)F. The van der Waals surface area contributed by atoms with Gasteiger partial charge < -0.3 is 0 Å². The Morgan fingerprint density at radius 3 is 2.50 bits per heavy atom. The molecule has 0 radical (unpaired) electrons. The lowest BCUT2D eigenvalue weighted by atomic mass is 10.1. The average molecular weight is 174 g/mol. The molecule has 0 aliphatic rings. The highest BCUT2D eigenvalue weighted by atomic mass is 19.3. The van der Waals surface area contributed by atoms with Crippen molar-refractivity contribution in [2.24, 2.45) is 0 Å². The second kappa shape index (κ2) is 3.61. The molecule has 3 heteroatoms. The lowest BCUT2D eigenvalue weighted by molar-refractivity contribution is 0.150. The van der Waals surface area contributed by atoms with Gasteiger partial charge in [-0.1, -0.05) is 13.0 Å². The first-order valence-corrected chi connectivity index (χ1v) is 3.71. The first-order chi connectivity index (χ1) is 5.65. The Balaban J connectivity index is 3.12. The molecule has 0 aliphatic heterocycles. The van der Waals surface area contributed by atoms with Crippen LogP contribution in [0.15, 0.2) is 18.2 Å². The average Bonchev–Trinajstić information content (AvgIpc) is 2.04. The molecule has 0 saturated carbocycles. The van der Waals surface area contributed by atoms with Crippen LogP contribution >= 0.6 is 0 Å². The molecule has 1 aromatic rings. The van der Waals surface area contributed by atoms with Crippen LogP contribution in [0.3, 0.4) is 0 Å². The van der Waals surface area contributed by atoms with E-state index >= 15 is 0 Å². The molecule has 0 saturated heterocycles. The Morgan fingerprint density at radius 2 is 2.00 bits per heavy atom. The zero-order valence-electron chi connectivity index (χ0n) is 6.65. The summed E-state index contributed by atoms with van der Waals surface area (Å²) in [4.78, 5) is 0. The van der Waals surface area contributed by atoms with Gasteiger partial charge in [-0.3, -0.25) is 0 Å². The van der Waals surface area contributed by atoms with Gasteiger partial charge in [-0.25, -0.2) is 13.2 Å². The fourth-order valence-corrected chi connectivity index (χ4v) is 1.09. The zero-order chi connectivity index (χ0) is 9.14. The fraction of sp³-hybridized carbons (Fsp3) is 0.333. The molecule has 0 fully saturated rings. The van der Waals surface area contributed by atoms with Gasteiger partial charge in [-0.2, -0.15) is 0 Å². The van der Waals surface area contributed by atoms with Crippen LogP contribution in [0.1, 0.15) is 24.5 Å². The van der Waals surface area contributed by atoms with E-state index in [0.29, 0.717) is 12.0 Å². The van der Waals surface area contributed by atoms with Gasteiger partial charge in [0.2, 0.25) is 0 Å². The minimum absolute atomic E-state index is 0.197. The molecular weight excluding hydrogens is 165 g/mol. The summed E-state index contributed by atoms with van der Waals surface area (Å²) in [5.74, 6) is -0.609. The second-order valence-electron chi connectivity index (χ2n) is 2.50. The summed E-state index contributed by atoms with van der Waals surface area (Å²) in [6, 6.07) is 3.49. The third-order valence-electron chi connectivity index (χ3n) is 1.72. The van der Waals surface area contributed by atoms with Crippen molar-refractivity contribution in [1.29, 1.82) is 0 Å². The van der Waals surface area contributed by atoms with Crippen molar-refractivity contribution >= 4 is 0 Å². The number of benzene rings is 1. The predicted molar refractivity (Wildman–Crippen MR) is 40.7 cm³/mol. The van der Waals surface area contributed by atoms with Crippen molar-refractivity contribution < 1.29 is 13.2 Å². The molecular formula is C9H9F3. The summed E-state index contributed by atoms with van der Waals surface area (Å²) < 4.78 is 37.0. The second-order valence-corrected chi connectivity index (χ2v) is 2.50. The maximum Gasteiger partial charge on any atom is 0.264 e. The lowest BCUT2D eigenvalue weighted by Gasteiger charge is -2.05. The van der Waals surface area contributed by atoms with Crippen LogP contribution in [-0.4, -0.2) is 0 Å². The first-order valence-electron chi connectivity index (χ1n) is 3.71. The number of rotatable bonds is 2. The smallest absolute Gasteiger partial charge is 0.207 e. The normalized spacial score (nSPS) is 10.8. The van der Waals surface area contributed by atoms with Crippen molar-refractivity contribution in [2.45, 2.75) is 19.8 Å². The van der Waals surface area contributed by atoms with Crippen LogP contribution in [0.25, 0.3) is 0 Å². The number of aryl methyl sites for hydroxylation is 1. The van der Waals surface area contributed by atoms with Crippen LogP contribution in [0.2, 0.25) is 0 Å². The highest BCUT2D eigenvalue weighted by molar-refractivity contribution is 5.28. The van der Waals surface area contributed by atoms with E-state index in [9.17, 15) is 13.2 Å². The molecule has 0 unspecified atom stereocenters. The van der Waals surface area contributed by atoms with Crippen molar-refractivity contribution in [2.75, 3.05) is 0 Å². The van der Waals surface area contributed by atoms with E-state index in [0.717, 1.165) is 6.07 Å². The molecule has 0 N–H and O–H groups in total. The highest BCUT2D eigenvalue weighted by Gasteiger charge is 2.12. The van der Waals surface area contributed by atoms with Gasteiger partial charge in [0.25, 0.3) is 6.43 Å². The summed E-state index contributed by atoms with van der Waals surface area (Å²) in [5, 5.41) is 0. The molecule has 0 spiro atoms. The predicted octanol–water partition coefficient (Wildman–Crippen LogP) is 3.33. The van der Waals surface area contributed by atoms with Crippen LogP contribution in [0.4, 0.5) is 13.2 Å². The largest absolute Gasteiger partial charge is 0.264 e. The third-order valence-corrected chi connectivity index (χ3v) is 1.72. The van der Waals surface area contributed by atoms with Gasteiger partial charge in [0, 0.05) is 5.56 Å². The third kappa shape index (κ3) is 1.78. The molecule has 0 aliphatic carbocycles. The Labute approximate surface area is 69.0 Å². The monoisotopic (exact) mass is 174 g/mol. The number of hydrogen-bond acceptors (Lipinski definition) is 0. The Morgan fingerprint density at radius 1 is 1.33 bits per heavy atom. The lowest BCUT2D eigenvalue weighted by Crippen LogP contribution is -1.93. The van der Waals surface area contributed by atoms with Gasteiger partial charge in [0.05, 0.1) is 0 Å². The number of alkyl halides is 2. The van der Waals surface area contributed by atoms with E-state index in [2.05, 4.69) is 0 Å². The molecule has 0 bridgehead atoms. The van der Waals surface area contributed by atoms with Crippen molar-refractivity contribution in [1.82, 2.24) is 0 Å². The Bertz CT molecular complexity index is 268. The molecule has 0 amide bonds. The van der Waals surface area contributed by atoms with Crippen molar-refractivity contribution in [3.05, 3.63) is 35.1 Å². The van der Waals surface area contributed by atoms with E-state index in [-0.39, 0.29) is 5.56 Å². The van der Waals surface area contributed by atoms with Gasteiger partial charge in [0.15, 0.2) is 0 Å². The molecule has 0 heterocycles. The molecule has 0 nitrogen and oxygen atoms in total. The Kier molecular flexibility index (Phi) is 2.74. The Hall–Kier alpha value is -0.990.